The molecule has 0 radical (unpaired) electrons. The second kappa shape index (κ2) is 7.61. The molecule has 8 heteroatoms. The Kier molecular flexibility index (Phi) is 4.81. The topological polar surface area (TPSA) is 64.8 Å². The molecule has 4 heterocycles. The highest BCUT2D eigenvalue weighted by Crippen LogP contribution is 2.26. The van der Waals surface area contributed by atoms with Crippen molar-refractivity contribution in [3.63, 3.8) is 0 Å². The van der Waals surface area contributed by atoms with Crippen LogP contribution in [0.25, 0.3) is 17.2 Å². The van der Waals surface area contributed by atoms with Crippen LogP contribution in [0.4, 0.5) is 11.6 Å². The van der Waals surface area contributed by atoms with Crippen molar-refractivity contribution >= 4 is 17.4 Å². The quantitative estimate of drug-likeness (QED) is 0.722. The number of hydrogen-bond donors (Lipinski definition) is 1. The largest absolute Gasteiger partial charge is 0.354 e. The summed E-state index contributed by atoms with van der Waals surface area (Å²) in [6, 6.07) is 12.8. The minimum absolute atomic E-state index is 0.441. The molecule has 2 aromatic heterocycles. The number of likely N-dealkylation sites (N-methyl/N-ethyl adjacent to an activating group) is 1. The Labute approximate surface area is 171 Å². The van der Waals surface area contributed by atoms with E-state index in [4.69, 9.17) is 15.1 Å². The summed E-state index contributed by atoms with van der Waals surface area (Å²) in [6.07, 6.45) is 0. The van der Waals surface area contributed by atoms with Gasteiger partial charge in [-0.2, -0.15) is 14.5 Å². The highest BCUT2D eigenvalue weighted by molar-refractivity contribution is 5.62. The average molecular weight is 393 g/mol. The van der Waals surface area contributed by atoms with Crippen LogP contribution >= 0.6 is 0 Å². The molecule has 2 fully saturated rings. The number of aromatic nitrogens is 4. The fraction of sp³-hybridized carbons (Fsp3) is 0.476. The molecule has 3 aromatic rings. The standard InChI is InChI=1S/C21H28N8/c1-16-15-28(9-8-22-16)19-14-18(27-12-10-26(2)11-13-27)23-21-24-20(25-29(19)21)17-6-4-3-5-7-17/h3-7,14,16,22H,8-13,15H2,1-2H3. The summed E-state index contributed by atoms with van der Waals surface area (Å²) in [6.45, 7) is 9.16. The number of nitrogens with one attached hydrogen (secondary N) is 1. The fourth-order valence-electron chi connectivity index (χ4n) is 4.11. The van der Waals surface area contributed by atoms with Crippen LogP contribution < -0.4 is 15.1 Å². The molecule has 29 heavy (non-hydrogen) atoms. The van der Waals surface area contributed by atoms with E-state index in [-0.39, 0.29) is 0 Å². The lowest BCUT2D eigenvalue weighted by Crippen LogP contribution is -2.50. The molecule has 8 nitrogen and oxygen atoms in total. The third kappa shape index (κ3) is 3.65. The number of nitrogens with zero attached hydrogens (tertiary/aromatic N) is 7. The minimum atomic E-state index is 0.441. The Morgan fingerprint density at radius 2 is 1.76 bits per heavy atom. The lowest BCUT2D eigenvalue weighted by atomic mass is 10.2. The van der Waals surface area contributed by atoms with Crippen molar-refractivity contribution in [2.24, 2.45) is 0 Å². The van der Waals surface area contributed by atoms with Crippen LogP contribution in [0.3, 0.4) is 0 Å². The van der Waals surface area contributed by atoms with Crippen LogP contribution in [0, 0.1) is 0 Å². The fourth-order valence-corrected chi connectivity index (χ4v) is 4.11. The molecule has 1 aromatic carbocycles. The van der Waals surface area contributed by atoms with E-state index in [2.05, 4.69) is 40.1 Å². The highest BCUT2D eigenvalue weighted by atomic mass is 15.4. The van der Waals surface area contributed by atoms with Gasteiger partial charge >= 0.3 is 0 Å². The SMILES string of the molecule is CC1CN(c2cc(N3CCN(C)CC3)nc3nc(-c4ccccc4)nn23)CCN1. The van der Waals surface area contributed by atoms with Crippen LogP contribution in [0.1, 0.15) is 6.92 Å². The summed E-state index contributed by atoms with van der Waals surface area (Å²) < 4.78 is 1.92. The van der Waals surface area contributed by atoms with Gasteiger partial charge in [-0.05, 0) is 14.0 Å². The van der Waals surface area contributed by atoms with Crippen LogP contribution in [-0.2, 0) is 0 Å². The summed E-state index contributed by atoms with van der Waals surface area (Å²) in [5.41, 5.74) is 1.01. The van der Waals surface area contributed by atoms with E-state index < -0.39 is 0 Å². The summed E-state index contributed by atoms with van der Waals surface area (Å²) in [7, 11) is 2.17. The number of fused-ring (bicyclic) bond motifs is 1. The molecule has 0 aliphatic carbocycles. The van der Waals surface area contributed by atoms with Crippen molar-refractivity contribution in [2.45, 2.75) is 13.0 Å². The van der Waals surface area contributed by atoms with E-state index in [1.807, 2.05) is 34.8 Å². The molecule has 1 unspecified atom stereocenters. The number of benzene rings is 1. The maximum absolute atomic E-state index is 4.90. The minimum Gasteiger partial charge on any atom is -0.354 e. The third-order valence-electron chi connectivity index (χ3n) is 5.83. The smallest absolute Gasteiger partial charge is 0.256 e. The van der Waals surface area contributed by atoms with E-state index in [1.165, 1.54) is 0 Å². The van der Waals surface area contributed by atoms with Gasteiger partial charge < -0.3 is 20.0 Å². The molecule has 0 saturated carbocycles. The molecule has 0 spiro atoms. The molecular weight excluding hydrogens is 364 g/mol. The lowest BCUT2D eigenvalue weighted by Gasteiger charge is -2.35. The van der Waals surface area contributed by atoms with E-state index in [1.54, 1.807) is 0 Å². The molecule has 1 N–H and O–H groups in total. The first-order chi connectivity index (χ1) is 14.2. The van der Waals surface area contributed by atoms with Crippen molar-refractivity contribution in [3.8, 4) is 11.4 Å². The Balaban J connectivity index is 1.59. The second-order valence-electron chi connectivity index (χ2n) is 8.08. The first-order valence-electron chi connectivity index (χ1n) is 10.4. The average Bonchev–Trinajstić information content (AvgIpc) is 3.18. The van der Waals surface area contributed by atoms with Gasteiger partial charge in [0.15, 0.2) is 5.82 Å². The van der Waals surface area contributed by atoms with Gasteiger partial charge in [0.1, 0.15) is 11.6 Å². The molecular formula is C21H28N8. The predicted octanol–water partition coefficient (Wildman–Crippen LogP) is 1.34. The summed E-state index contributed by atoms with van der Waals surface area (Å²) in [5.74, 6) is 3.46. The van der Waals surface area contributed by atoms with E-state index >= 15 is 0 Å². The molecule has 0 amide bonds. The lowest BCUT2D eigenvalue weighted by molar-refractivity contribution is 0.312. The number of anilines is 2. The Bertz CT molecular complexity index is 977. The van der Waals surface area contributed by atoms with Crippen LogP contribution in [0.15, 0.2) is 36.4 Å². The first kappa shape index (κ1) is 18.3. The molecule has 0 bridgehead atoms. The van der Waals surface area contributed by atoms with Gasteiger partial charge in [-0.25, -0.2) is 0 Å². The number of hydrogen-bond acceptors (Lipinski definition) is 7. The predicted molar refractivity (Wildman–Crippen MR) is 116 cm³/mol. The zero-order valence-electron chi connectivity index (χ0n) is 17.1. The summed E-state index contributed by atoms with van der Waals surface area (Å²) in [5, 5.41) is 8.36. The monoisotopic (exact) mass is 392 g/mol. The van der Waals surface area contributed by atoms with Gasteiger partial charge in [0, 0.05) is 63.5 Å². The van der Waals surface area contributed by atoms with Gasteiger partial charge in [-0.15, -0.1) is 5.10 Å². The van der Waals surface area contributed by atoms with Crippen molar-refractivity contribution < 1.29 is 0 Å². The van der Waals surface area contributed by atoms with Gasteiger partial charge in [0.2, 0.25) is 0 Å². The van der Waals surface area contributed by atoms with Gasteiger partial charge in [0.25, 0.3) is 5.78 Å². The van der Waals surface area contributed by atoms with Crippen LogP contribution in [0.2, 0.25) is 0 Å². The Morgan fingerprint density at radius 1 is 0.966 bits per heavy atom. The molecule has 1 atom stereocenters. The first-order valence-corrected chi connectivity index (χ1v) is 10.4. The maximum Gasteiger partial charge on any atom is 0.256 e. The van der Waals surface area contributed by atoms with Gasteiger partial charge in [-0.3, -0.25) is 0 Å². The normalized spacial score (nSPS) is 21.1. The van der Waals surface area contributed by atoms with Gasteiger partial charge in [0.05, 0.1) is 0 Å². The van der Waals surface area contributed by atoms with E-state index in [0.29, 0.717) is 11.8 Å². The third-order valence-corrected chi connectivity index (χ3v) is 5.83. The van der Waals surface area contributed by atoms with Crippen molar-refractivity contribution in [2.75, 3.05) is 62.7 Å². The number of piperazine rings is 2. The van der Waals surface area contributed by atoms with Crippen molar-refractivity contribution in [3.05, 3.63) is 36.4 Å². The van der Waals surface area contributed by atoms with Crippen LogP contribution in [0.5, 0.6) is 0 Å². The highest BCUT2D eigenvalue weighted by Gasteiger charge is 2.24. The molecule has 2 saturated heterocycles. The van der Waals surface area contributed by atoms with Crippen molar-refractivity contribution in [1.29, 1.82) is 0 Å². The van der Waals surface area contributed by atoms with E-state index in [9.17, 15) is 0 Å². The zero-order chi connectivity index (χ0) is 19.8. The van der Waals surface area contributed by atoms with Crippen molar-refractivity contribution in [1.82, 2.24) is 29.8 Å². The van der Waals surface area contributed by atoms with E-state index in [0.717, 1.165) is 68.8 Å². The molecule has 2 aliphatic rings. The second-order valence-corrected chi connectivity index (χ2v) is 8.08. The maximum atomic E-state index is 4.90. The number of rotatable bonds is 3. The Morgan fingerprint density at radius 3 is 2.52 bits per heavy atom. The zero-order valence-corrected chi connectivity index (χ0v) is 17.1. The van der Waals surface area contributed by atoms with Crippen LogP contribution in [-0.4, -0.2) is 83.4 Å². The summed E-state index contributed by atoms with van der Waals surface area (Å²) >= 11 is 0. The Hall–Kier alpha value is -2.71. The molecule has 2 aliphatic heterocycles. The molecule has 5 rings (SSSR count). The summed E-state index contributed by atoms with van der Waals surface area (Å²) in [4.78, 5) is 16.8. The van der Waals surface area contributed by atoms with Gasteiger partial charge in [-0.1, -0.05) is 30.3 Å². The molecule has 152 valence electrons.